The summed E-state index contributed by atoms with van der Waals surface area (Å²) in [6, 6.07) is 9.91. The number of benzene rings is 1. The minimum atomic E-state index is -0.847. The molecule has 2 amide bonds. The molecule has 1 aromatic carbocycles. The van der Waals surface area contributed by atoms with Crippen molar-refractivity contribution < 1.29 is 9.59 Å². The van der Waals surface area contributed by atoms with Gasteiger partial charge in [-0.05, 0) is 30.9 Å². The third kappa shape index (κ3) is 2.54. The van der Waals surface area contributed by atoms with Gasteiger partial charge in [-0.25, -0.2) is 0 Å². The van der Waals surface area contributed by atoms with Crippen LogP contribution >= 0.6 is 0 Å². The first-order valence-electron chi connectivity index (χ1n) is 7.93. The fraction of sp³-hybridized carbons (Fsp3) is 0.444. The summed E-state index contributed by atoms with van der Waals surface area (Å²) < 4.78 is 0. The van der Waals surface area contributed by atoms with Crippen LogP contribution in [0.3, 0.4) is 0 Å². The van der Waals surface area contributed by atoms with E-state index in [1.807, 2.05) is 37.3 Å². The van der Waals surface area contributed by atoms with Gasteiger partial charge in [-0.15, -0.1) is 0 Å². The lowest BCUT2D eigenvalue weighted by molar-refractivity contribution is -0.133. The van der Waals surface area contributed by atoms with E-state index >= 15 is 0 Å². The Morgan fingerprint density at radius 1 is 1.14 bits per heavy atom. The molecular formula is C18H22N2O2. The third-order valence-electron chi connectivity index (χ3n) is 4.95. The molecule has 1 fully saturated rings. The summed E-state index contributed by atoms with van der Waals surface area (Å²) in [5, 5.41) is 2.97. The molecule has 0 unspecified atom stereocenters. The Hall–Kier alpha value is -2.10. The summed E-state index contributed by atoms with van der Waals surface area (Å²) in [6.45, 7) is 1.98. The average molecular weight is 298 g/mol. The Morgan fingerprint density at radius 2 is 1.77 bits per heavy atom. The molecule has 1 atom stereocenters. The average Bonchev–Trinajstić information content (AvgIpc) is 3.20. The highest BCUT2D eigenvalue weighted by Crippen LogP contribution is 2.47. The number of nitrogens with one attached hydrogen (secondary N) is 1. The molecule has 0 bridgehead atoms. The van der Waals surface area contributed by atoms with Gasteiger partial charge in [0.15, 0.2) is 0 Å². The molecule has 0 saturated heterocycles. The smallest absolute Gasteiger partial charge is 0.243 e. The zero-order chi connectivity index (χ0) is 15.7. The molecule has 4 heteroatoms. The van der Waals surface area contributed by atoms with Crippen molar-refractivity contribution in [1.29, 1.82) is 0 Å². The van der Waals surface area contributed by atoms with Gasteiger partial charge in [0.1, 0.15) is 5.54 Å². The summed E-state index contributed by atoms with van der Waals surface area (Å²) in [6.07, 6.45) is 4.28. The molecule has 4 nitrogen and oxygen atoms in total. The molecule has 1 saturated carbocycles. The van der Waals surface area contributed by atoms with Gasteiger partial charge < -0.3 is 11.1 Å². The maximum atomic E-state index is 12.6. The van der Waals surface area contributed by atoms with E-state index in [4.69, 9.17) is 5.73 Å². The first-order chi connectivity index (χ1) is 10.6. The highest BCUT2D eigenvalue weighted by molar-refractivity contribution is 6.07. The Bertz CT molecular complexity index is 628. The predicted octanol–water partition coefficient (Wildman–Crippen LogP) is 2.39. The van der Waals surface area contributed by atoms with Crippen LogP contribution in [0.5, 0.6) is 0 Å². The summed E-state index contributed by atoms with van der Waals surface area (Å²) in [4.78, 5) is 24.5. The fourth-order valence-corrected chi connectivity index (χ4v) is 3.57. The van der Waals surface area contributed by atoms with Crippen molar-refractivity contribution in [2.75, 3.05) is 0 Å². The van der Waals surface area contributed by atoms with Crippen LogP contribution in [0.4, 0.5) is 0 Å². The summed E-state index contributed by atoms with van der Waals surface area (Å²) in [5.41, 5.74) is 7.98. The number of amides is 2. The monoisotopic (exact) mass is 298 g/mol. The third-order valence-corrected chi connectivity index (χ3v) is 4.95. The van der Waals surface area contributed by atoms with Gasteiger partial charge in [-0.1, -0.05) is 55.2 Å². The first kappa shape index (κ1) is 14.8. The van der Waals surface area contributed by atoms with Crippen LogP contribution in [0, 0.1) is 5.92 Å². The van der Waals surface area contributed by atoms with E-state index < -0.39 is 11.4 Å². The van der Waals surface area contributed by atoms with Crippen molar-refractivity contribution in [1.82, 2.24) is 5.32 Å². The van der Waals surface area contributed by atoms with E-state index in [2.05, 4.69) is 5.32 Å². The van der Waals surface area contributed by atoms with Gasteiger partial charge in [0.25, 0.3) is 0 Å². The van der Waals surface area contributed by atoms with E-state index in [0.717, 1.165) is 36.0 Å². The molecule has 0 aliphatic heterocycles. The second-order valence-electron chi connectivity index (χ2n) is 6.39. The quantitative estimate of drug-likeness (QED) is 0.896. The number of rotatable bonds is 4. The Morgan fingerprint density at radius 3 is 2.36 bits per heavy atom. The van der Waals surface area contributed by atoms with Crippen molar-refractivity contribution in [2.24, 2.45) is 11.7 Å². The van der Waals surface area contributed by atoms with Crippen LogP contribution in [0.15, 0.2) is 35.9 Å². The highest BCUT2D eigenvalue weighted by Gasteiger charge is 2.45. The second-order valence-corrected chi connectivity index (χ2v) is 6.39. The van der Waals surface area contributed by atoms with Crippen LogP contribution < -0.4 is 11.1 Å². The summed E-state index contributed by atoms with van der Waals surface area (Å²) in [7, 11) is 0. The van der Waals surface area contributed by atoms with Gasteiger partial charge in [-0.2, -0.15) is 0 Å². The van der Waals surface area contributed by atoms with E-state index in [0.29, 0.717) is 12.8 Å². The van der Waals surface area contributed by atoms with Crippen LogP contribution in [-0.4, -0.2) is 17.4 Å². The highest BCUT2D eigenvalue weighted by atomic mass is 16.2. The minimum absolute atomic E-state index is 0.0861. The molecule has 0 heterocycles. The SMILES string of the molecule is CC1=C(c2ccccc2)[C@@H]1C(=O)NC1(C(N)=O)CCCCC1. The standard InChI is InChI=1S/C18H22N2O2/c1-12-14(13-8-4-2-5-9-13)15(12)16(21)20-18(17(19)22)10-6-3-7-11-18/h2,4-5,8-9,15H,3,6-7,10-11H2,1H3,(H2,19,22)(H,20,21)/t15-/m1/s1. The first-order valence-corrected chi connectivity index (χ1v) is 7.93. The number of hydrogen-bond acceptors (Lipinski definition) is 2. The molecule has 0 radical (unpaired) electrons. The minimum Gasteiger partial charge on any atom is -0.368 e. The number of carbonyl (C=O) groups is 2. The maximum absolute atomic E-state index is 12.6. The molecule has 116 valence electrons. The Labute approximate surface area is 130 Å². The lowest BCUT2D eigenvalue weighted by Crippen LogP contribution is -2.59. The van der Waals surface area contributed by atoms with Crippen LogP contribution in [-0.2, 0) is 9.59 Å². The molecule has 22 heavy (non-hydrogen) atoms. The second kappa shape index (κ2) is 5.59. The predicted molar refractivity (Wildman–Crippen MR) is 85.7 cm³/mol. The molecule has 1 aromatic rings. The zero-order valence-electron chi connectivity index (χ0n) is 12.9. The normalized spacial score (nSPS) is 23.0. The molecular weight excluding hydrogens is 276 g/mol. The lowest BCUT2D eigenvalue weighted by atomic mass is 9.81. The maximum Gasteiger partial charge on any atom is 0.243 e. The largest absolute Gasteiger partial charge is 0.368 e. The van der Waals surface area contributed by atoms with Crippen molar-refractivity contribution in [3.63, 3.8) is 0 Å². The molecule has 3 rings (SSSR count). The lowest BCUT2D eigenvalue weighted by Gasteiger charge is -2.35. The van der Waals surface area contributed by atoms with E-state index in [1.54, 1.807) is 0 Å². The summed E-state index contributed by atoms with van der Waals surface area (Å²) >= 11 is 0. The van der Waals surface area contributed by atoms with E-state index in [9.17, 15) is 9.59 Å². The number of carbonyl (C=O) groups excluding carboxylic acids is 2. The number of primary amides is 1. The molecule has 0 aromatic heterocycles. The van der Waals surface area contributed by atoms with Crippen molar-refractivity contribution in [2.45, 2.75) is 44.6 Å². The fourth-order valence-electron chi connectivity index (χ4n) is 3.57. The van der Waals surface area contributed by atoms with E-state index in [1.165, 1.54) is 0 Å². The molecule has 0 spiro atoms. The van der Waals surface area contributed by atoms with Crippen molar-refractivity contribution in [3.8, 4) is 0 Å². The summed E-state index contributed by atoms with van der Waals surface area (Å²) in [5.74, 6) is -0.697. The van der Waals surface area contributed by atoms with Crippen molar-refractivity contribution >= 4 is 17.4 Å². The number of nitrogens with two attached hydrogens (primary N) is 1. The topological polar surface area (TPSA) is 72.2 Å². The Kier molecular flexibility index (Phi) is 3.77. The van der Waals surface area contributed by atoms with Gasteiger partial charge in [0.05, 0.1) is 5.92 Å². The van der Waals surface area contributed by atoms with Crippen LogP contribution in [0.1, 0.15) is 44.6 Å². The Balaban J connectivity index is 1.72. The van der Waals surface area contributed by atoms with Crippen LogP contribution in [0.25, 0.3) is 5.57 Å². The molecule has 2 aliphatic rings. The van der Waals surface area contributed by atoms with Gasteiger partial charge in [0.2, 0.25) is 11.8 Å². The van der Waals surface area contributed by atoms with Crippen molar-refractivity contribution in [3.05, 3.63) is 41.5 Å². The van der Waals surface area contributed by atoms with Gasteiger partial charge in [0, 0.05) is 0 Å². The van der Waals surface area contributed by atoms with Gasteiger partial charge >= 0.3 is 0 Å². The molecule has 3 N–H and O–H groups in total. The van der Waals surface area contributed by atoms with Crippen LogP contribution in [0.2, 0.25) is 0 Å². The van der Waals surface area contributed by atoms with E-state index in [-0.39, 0.29) is 11.8 Å². The zero-order valence-corrected chi connectivity index (χ0v) is 12.9. The molecule has 2 aliphatic carbocycles. The van der Waals surface area contributed by atoms with Gasteiger partial charge in [-0.3, -0.25) is 9.59 Å². The number of hydrogen-bond donors (Lipinski definition) is 2.